The first-order valence-electron chi connectivity index (χ1n) is 6.22. The Morgan fingerprint density at radius 3 is 2.65 bits per heavy atom. The molecule has 1 amide bonds. The normalized spacial score (nSPS) is 24.1. The standard InChI is InChI=1S/C12H22N2O3/c1-11(2,3)17-10(15)14-5-4-6-16-9-12(14)7-13-8-12/h13H,4-9H2,1-3H3. The third-order valence-electron chi connectivity index (χ3n) is 3.14. The van der Waals surface area contributed by atoms with Crippen LogP contribution in [0, 0.1) is 0 Å². The minimum absolute atomic E-state index is 0.182. The molecule has 0 bridgehead atoms. The van der Waals surface area contributed by atoms with Crippen molar-refractivity contribution in [3.63, 3.8) is 0 Å². The van der Waals surface area contributed by atoms with Gasteiger partial charge >= 0.3 is 6.09 Å². The van der Waals surface area contributed by atoms with Crippen LogP contribution in [0.15, 0.2) is 0 Å². The number of carbonyl (C=O) groups is 1. The number of rotatable bonds is 0. The highest BCUT2D eigenvalue weighted by Gasteiger charge is 2.47. The second kappa shape index (κ2) is 4.46. The molecule has 5 nitrogen and oxygen atoms in total. The number of nitrogens with zero attached hydrogens (tertiary/aromatic N) is 1. The Morgan fingerprint density at radius 2 is 2.12 bits per heavy atom. The summed E-state index contributed by atoms with van der Waals surface area (Å²) in [6.45, 7) is 9.33. The lowest BCUT2D eigenvalue weighted by atomic mass is 9.91. The van der Waals surface area contributed by atoms with E-state index in [1.54, 1.807) is 0 Å². The van der Waals surface area contributed by atoms with E-state index in [2.05, 4.69) is 5.32 Å². The van der Waals surface area contributed by atoms with Crippen molar-refractivity contribution >= 4 is 6.09 Å². The second-order valence-electron chi connectivity index (χ2n) is 5.87. The van der Waals surface area contributed by atoms with Crippen molar-refractivity contribution in [2.24, 2.45) is 0 Å². The summed E-state index contributed by atoms with van der Waals surface area (Å²) in [5.74, 6) is 0. The largest absolute Gasteiger partial charge is 0.444 e. The summed E-state index contributed by atoms with van der Waals surface area (Å²) in [5.41, 5.74) is -0.624. The third kappa shape index (κ3) is 2.72. The summed E-state index contributed by atoms with van der Waals surface area (Å²) in [4.78, 5) is 14.0. The Labute approximate surface area is 102 Å². The molecule has 0 radical (unpaired) electrons. The van der Waals surface area contributed by atoms with Crippen molar-refractivity contribution < 1.29 is 14.3 Å². The minimum atomic E-state index is -0.442. The highest BCUT2D eigenvalue weighted by molar-refractivity contribution is 5.69. The number of carbonyl (C=O) groups excluding carboxylic acids is 1. The Kier molecular flexibility index (Phi) is 3.32. The van der Waals surface area contributed by atoms with Gasteiger partial charge in [-0.3, -0.25) is 4.90 Å². The maximum atomic E-state index is 12.2. The van der Waals surface area contributed by atoms with Crippen molar-refractivity contribution in [1.29, 1.82) is 0 Å². The highest BCUT2D eigenvalue weighted by atomic mass is 16.6. The predicted molar refractivity (Wildman–Crippen MR) is 64.0 cm³/mol. The lowest BCUT2D eigenvalue weighted by Gasteiger charge is -2.48. The van der Waals surface area contributed by atoms with Crippen LogP contribution in [-0.4, -0.2) is 55.0 Å². The van der Waals surface area contributed by atoms with Gasteiger partial charge < -0.3 is 14.8 Å². The fourth-order valence-corrected chi connectivity index (χ4v) is 2.21. The summed E-state index contributed by atoms with van der Waals surface area (Å²) < 4.78 is 11.0. The lowest BCUT2D eigenvalue weighted by molar-refractivity contribution is -0.0351. The molecule has 2 fully saturated rings. The van der Waals surface area contributed by atoms with Crippen molar-refractivity contribution in [1.82, 2.24) is 10.2 Å². The van der Waals surface area contributed by atoms with Gasteiger partial charge in [0.2, 0.25) is 0 Å². The Balaban J connectivity index is 2.07. The molecule has 2 rings (SSSR count). The molecule has 0 aromatic carbocycles. The summed E-state index contributed by atoms with van der Waals surface area (Å²) in [5, 5.41) is 3.22. The maximum absolute atomic E-state index is 12.2. The predicted octanol–water partition coefficient (Wildman–Crippen LogP) is 0.986. The molecule has 0 aromatic heterocycles. The van der Waals surface area contributed by atoms with Crippen LogP contribution < -0.4 is 5.32 Å². The monoisotopic (exact) mass is 242 g/mol. The number of amides is 1. The van der Waals surface area contributed by atoms with Gasteiger partial charge in [-0.05, 0) is 27.2 Å². The van der Waals surface area contributed by atoms with Crippen molar-refractivity contribution in [3.8, 4) is 0 Å². The molecule has 0 atom stereocenters. The Morgan fingerprint density at radius 1 is 1.41 bits per heavy atom. The van der Waals surface area contributed by atoms with E-state index < -0.39 is 5.60 Å². The van der Waals surface area contributed by atoms with Gasteiger partial charge in [0.05, 0.1) is 12.1 Å². The van der Waals surface area contributed by atoms with Crippen LogP contribution in [0.4, 0.5) is 4.79 Å². The average Bonchev–Trinajstić information content (AvgIpc) is 2.35. The van der Waals surface area contributed by atoms with Crippen molar-refractivity contribution in [2.75, 3.05) is 32.8 Å². The smallest absolute Gasteiger partial charge is 0.410 e. The molecular weight excluding hydrogens is 220 g/mol. The zero-order chi connectivity index (χ0) is 12.5. The number of nitrogens with one attached hydrogen (secondary N) is 1. The molecule has 0 aromatic rings. The van der Waals surface area contributed by atoms with Crippen LogP contribution in [0.1, 0.15) is 27.2 Å². The first-order chi connectivity index (χ1) is 7.93. The van der Waals surface area contributed by atoms with Gasteiger partial charge in [0, 0.05) is 26.2 Å². The molecule has 1 spiro atoms. The van der Waals surface area contributed by atoms with Crippen molar-refractivity contribution in [3.05, 3.63) is 0 Å². The molecule has 2 saturated heterocycles. The van der Waals surface area contributed by atoms with E-state index in [9.17, 15) is 4.79 Å². The molecule has 2 heterocycles. The van der Waals surface area contributed by atoms with E-state index in [0.29, 0.717) is 6.61 Å². The summed E-state index contributed by atoms with van der Waals surface area (Å²) in [7, 11) is 0. The number of hydrogen-bond acceptors (Lipinski definition) is 4. The van der Waals surface area contributed by atoms with Crippen LogP contribution in [0.25, 0.3) is 0 Å². The van der Waals surface area contributed by atoms with Gasteiger partial charge in [0.1, 0.15) is 5.60 Å². The van der Waals surface area contributed by atoms with E-state index in [1.165, 1.54) is 0 Å². The zero-order valence-electron chi connectivity index (χ0n) is 10.9. The van der Waals surface area contributed by atoms with Crippen LogP contribution in [-0.2, 0) is 9.47 Å². The fourth-order valence-electron chi connectivity index (χ4n) is 2.21. The Hall–Kier alpha value is -0.810. The van der Waals surface area contributed by atoms with Gasteiger partial charge in [0.15, 0.2) is 0 Å². The van der Waals surface area contributed by atoms with Gasteiger partial charge in [-0.25, -0.2) is 4.79 Å². The van der Waals surface area contributed by atoms with Crippen LogP contribution in [0.3, 0.4) is 0 Å². The van der Waals surface area contributed by atoms with E-state index in [1.807, 2.05) is 25.7 Å². The van der Waals surface area contributed by atoms with E-state index in [-0.39, 0.29) is 11.6 Å². The summed E-state index contributed by atoms with van der Waals surface area (Å²) in [6.07, 6.45) is 0.658. The first-order valence-corrected chi connectivity index (χ1v) is 6.22. The fraction of sp³-hybridized carbons (Fsp3) is 0.917. The van der Waals surface area contributed by atoms with Crippen LogP contribution in [0.5, 0.6) is 0 Å². The Bertz CT molecular complexity index is 295. The highest BCUT2D eigenvalue weighted by Crippen LogP contribution is 2.26. The van der Waals surface area contributed by atoms with Gasteiger partial charge in [-0.1, -0.05) is 0 Å². The van der Waals surface area contributed by atoms with E-state index in [0.717, 1.165) is 32.7 Å². The molecule has 0 saturated carbocycles. The third-order valence-corrected chi connectivity index (χ3v) is 3.14. The molecule has 2 aliphatic rings. The van der Waals surface area contributed by atoms with Crippen LogP contribution in [0.2, 0.25) is 0 Å². The van der Waals surface area contributed by atoms with Gasteiger partial charge in [-0.15, -0.1) is 0 Å². The van der Waals surface area contributed by atoms with Gasteiger partial charge in [-0.2, -0.15) is 0 Å². The molecule has 98 valence electrons. The zero-order valence-corrected chi connectivity index (χ0v) is 10.9. The maximum Gasteiger partial charge on any atom is 0.410 e. The molecule has 5 heteroatoms. The van der Waals surface area contributed by atoms with Crippen molar-refractivity contribution in [2.45, 2.75) is 38.3 Å². The lowest BCUT2D eigenvalue weighted by Crippen LogP contribution is -2.72. The molecule has 2 aliphatic heterocycles. The molecule has 1 N–H and O–H groups in total. The molecule has 17 heavy (non-hydrogen) atoms. The molecule has 0 unspecified atom stereocenters. The van der Waals surface area contributed by atoms with E-state index >= 15 is 0 Å². The van der Waals surface area contributed by atoms with E-state index in [4.69, 9.17) is 9.47 Å². The van der Waals surface area contributed by atoms with Gasteiger partial charge in [0.25, 0.3) is 0 Å². The summed E-state index contributed by atoms with van der Waals surface area (Å²) >= 11 is 0. The molecule has 0 aliphatic carbocycles. The summed E-state index contributed by atoms with van der Waals surface area (Å²) in [6, 6.07) is 0. The number of hydrogen-bond donors (Lipinski definition) is 1. The van der Waals surface area contributed by atoms with Crippen LogP contribution >= 0.6 is 0 Å². The second-order valence-corrected chi connectivity index (χ2v) is 5.87. The first kappa shape index (κ1) is 12.6. The topological polar surface area (TPSA) is 50.8 Å². The number of ether oxygens (including phenoxy) is 2. The quantitative estimate of drug-likeness (QED) is 0.688. The SMILES string of the molecule is CC(C)(C)OC(=O)N1CCCOCC12CNC2. The average molecular weight is 242 g/mol. The minimum Gasteiger partial charge on any atom is -0.444 e. The molecular formula is C12H22N2O3.